The number of rotatable bonds is 6. The molecule has 2 saturated heterocycles. The summed E-state index contributed by atoms with van der Waals surface area (Å²) in [6.45, 7) is 8.43. The van der Waals surface area contributed by atoms with Gasteiger partial charge in [0.05, 0.1) is 4.91 Å². The fourth-order valence-electron chi connectivity index (χ4n) is 3.29. The molecule has 1 N–H and O–H groups in total. The number of hydrogen-bond acceptors (Lipinski definition) is 5. The molecular weight excluding hydrogens is 374 g/mol. The van der Waals surface area contributed by atoms with Gasteiger partial charge >= 0.3 is 0 Å². The molecule has 1 aromatic rings. The van der Waals surface area contributed by atoms with Crippen molar-refractivity contribution >= 4 is 40.6 Å². The maximum atomic E-state index is 12.6. The smallest absolute Gasteiger partial charge is 0.294 e. The Morgan fingerprint density at radius 3 is 2.61 bits per heavy atom. The third-order valence-corrected chi connectivity index (χ3v) is 5.80. The maximum absolute atomic E-state index is 12.6. The fraction of sp³-hybridized carbons (Fsp3) is 0.476. The van der Waals surface area contributed by atoms with E-state index in [9.17, 15) is 14.4 Å². The largest absolute Gasteiger partial charge is 0.372 e. The van der Waals surface area contributed by atoms with Gasteiger partial charge in [-0.05, 0) is 66.8 Å². The molecule has 0 saturated carbocycles. The normalized spacial score (nSPS) is 18.6. The molecule has 2 aliphatic heterocycles. The Labute approximate surface area is 170 Å². The van der Waals surface area contributed by atoms with Gasteiger partial charge in [0.15, 0.2) is 0 Å². The molecule has 2 fully saturated rings. The number of nitrogens with zero attached hydrogens (tertiary/aromatic N) is 2. The van der Waals surface area contributed by atoms with Gasteiger partial charge in [-0.25, -0.2) is 0 Å². The van der Waals surface area contributed by atoms with Crippen molar-refractivity contribution in [2.24, 2.45) is 5.92 Å². The molecule has 0 unspecified atom stereocenters. The quantitative estimate of drug-likeness (QED) is 0.740. The standard InChI is InChI=1S/C21H27N3O3S/c1-14(2)12-22-19(25)13-24-20(26)18(28-21(24)27)11-16-6-7-17(10-15(16)3)23-8-4-5-9-23/h6-7,10-11,14H,4-5,8-9,12-13H2,1-3H3,(H,22,25)/b18-11-. The molecule has 0 radical (unpaired) electrons. The predicted octanol–water partition coefficient (Wildman–Crippen LogP) is 3.40. The Bertz CT molecular complexity index is 813. The van der Waals surface area contributed by atoms with Gasteiger partial charge in [0, 0.05) is 25.3 Å². The number of imide groups is 1. The third-order valence-electron chi connectivity index (χ3n) is 4.89. The lowest BCUT2D eigenvalue weighted by molar-refractivity contribution is -0.129. The van der Waals surface area contributed by atoms with Crippen molar-refractivity contribution in [2.75, 3.05) is 31.1 Å². The Balaban J connectivity index is 1.70. The van der Waals surface area contributed by atoms with E-state index >= 15 is 0 Å². The van der Waals surface area contributed by atoms with Crippen LogP contribution in [-0.2, 0) is 9.59 Å². The highest BCUT2D eigenvalue weighted by Gasteiger charge is 2.36. The van der Waals surface area contributed by atoms with Crippen LogP contribution in [0.4, 0.5) is 10.5 Å². The average molecular weight is 402 g/mol. The second-order valence-electron chi connectivity index (χ2n) is 7.70. The number of benzene rings is 1. The van der Waals surface area contributed by atoms with Crippen LogP contribution in [-0.4, -0.2) is 48.1 Å². The predicted molar refractivity (Wildman–Crippen MR) is 113 cm³/mol. The number of anilines is 1. The third kappa shape index (κ3) is 4.76. The van der Waals surface area contributed by atoms with E-state index in [0.717, 1.165) is 40.9 Å². The van der Waals surface area contributed by atoms with Crippen molar-refractivity contribution in [1.82, 2.24) is 10.2 Å². The molecule has 2 aliphatic rings. The van der Waals surface area contributed by atoms with Crippen LogP contribution >= 0.6 is 11.8 Å². The first-order chi connectivity index (χ1) is 13.3. The number of aryl methyl sites for hydroxylation is 1. The summed E-state index contributed by atoms with van der Waals surface area (Å²) in [5.41, 5.74) is 3.17. The van der Waals surface area contributed by atoms with Crippen molar-refractivity contribution in [3.05, 3.63) is 34.2 Å². The molecule has 2 heterocycles. The first-order valence-electron chi connectivity index (χ1n) is 9.73. The minimum Gasteiger partial charge on any atom is -0.372 e. The minimum absolute atomic E-state index is 0.235. The monoisotopic (exact) mass is 401 g/mol. The zero-order chi connectivity index (χ0) is 20.3. The Morgan fingerprint density at radius 1 is 1.25 bits per heavy atom. The second kappa shape index (κ2) is 8.82. The highest BCUT2D eigenvalue weighted by atomic mass is 32.2. The topological polar surface area (TPSA) is 69.7 Å². The van der Waals surface area contributed by atoms with Gasteiger partial charge < -0.3 is 10.2 Å². The van der Waals surface area contributed by atoms with Crippen LogP contribution in [0.5, 0.6) is 0 Å². The highest BCUT2D eigenvalue weighted by Crippen LogP contribution is 2.33. The molecule has 3 rings (SSSR count). The number of carbonyl (C=O) groups is 3. The second-order valence-corrected chi connectivity index (χ2v) is 8.69. The summed E-state index contributed by atoms with van der Waals surface area (Å²) >= 11 is 0.889. The summed E-state index contributed by atoms with van der Waals surface area (Å²) in [7, 11) is 0. The van der Waals surface area contributed by atoms with E-state index in [0.29, 0.717) is 17.4 Å². The van der Waals surface area contributed by atoms with Gasteiger partial charge in [-0.15, -0.1) is 0 Å². The molecule has 0 aromatic heterocycles. The molecule has 150 valence electrons. The number of carbonyl (C=O) groups excluding carboxylic acids is 3. The van der Waals surface area contributed by atoms with Crippen molar-refractivity contribution in [3.8, 4) is 0 Å². The average Bonchev–Trinajstić information content (AvgIpc) is 3.26. The number of hydrogen-bond donors (Lipinski definition) is 1. The van der Waals surface area contributed by atoms with Gasteiger partial charge in [0.2, 0.25) is 5.91 Å². The number of nitrogens with one attached hydrogen (secondary N) is 1. The Kier molecular flexibility index (Phi) is 6.44. The zero-order valence-electron chi connectivity index (χ0n) is 16.7. The van der Waals surface area contributed by atoms with Crippen molar-refractivity contribution in [3.63, 3.8) is 0 Å². The summed E-state index contributed by atoms with van der Waals surface area (Å²) in [6.07, 6.45) is 4.19. The number of amides is 3. The van der Waals surface area contributed by atoms with E-state index in [1.807, 2.05) is 26.8 Å². The molecular formula is C21H27N3O3S. The Morgan fingerprint density at radius 2 is 1.96 bits per heavy atom. The molecule has 3 amide bonds. The highest BCUT2D eigenvalue weighted by molar-refractivity contribution is 8.18. The van der Waals surface area contributed by atoms with Gasteiger partial charge in [-0.1, -0.05) is 19.9 Å². The van der Waals surface area contributed by atoms with E-state index < -0.39 is 11.1 Å². The minimum atomic E-state index is -0.405. The zero-order valence-corrected chi connectivity index (χ0v) is 17.5. The summed E-state index contributed by atoms with van der Waals surface area (Å²) in [6, 6.07) is 6.18. The molecule has 6 nitrogen and oxygen atoms in total. The van der Waals surface area contributed by atoms with Crippen LogP contribution in [0.3, 0.4) is 0 Å². The lowest BCUT2D eigenvalue weighted by Gasteiger charge is -2.18. The van der Waals surface area contributed by atoms with Crippen LogP contribution in [0.2, 0.25) is 0 Å². The summed E-state index contributed by atoms with van der Waals surface area (Å²) in [4.78, 5) is 40.5. The molecule has 0 spiro atoms. The molecule has 0 bridgehead atoms. The van der Waals surface area contributed by atoms with Gasteiger partial charge in [0.25, 0.3) is 11.1 Å². The summed E-state index contributed by atoms with van der Waals surface area (Å²) in [5.74, 6) is -0.411. The maximum Gasteiger partial charge on any atom is 0.294 e. The molecule has 28 heavy (non-hydrogen) atoms. The summed E-state index contributed by atoms with van der Waals surface area (Å²) in [5, 5.41) is 2.34. The molecule has 0 aliphatic carbocycles. The number of thioether (sulfide) groups is 1. The lowest BCUT2D eigenvalue weighted by atomic mass is 10.1. The van der Waals surface area contributed by atoms with Crippen LogP contribution < -0.4 is 10.2 Å². The van der Waals surface area contributed by atoms with E-state index in [1.165, 1.54) is 18.5 Å². The first-order valence-corrected chi connectivity index (χ1v) is 10.5. The first kappa shape index (κ1) is 20.5. The lowest BCUT2D eigenvalue weighted by Crippen LogP contribution is -2.40. The van der Waals surface area contributed by atoms with Gasteiger partial charge in [0.1, 0.15) is 6.54 Å². The molecule has 1 aromatic carbocycles. The van der Waals surface area contributed by atoms with Crippen LogP contribution in [0.15, 0.2) is 23.1 Å². The van der Waals surface area contributed by atoms with E-state index in [4.69, 9.17) is 0 Å². The molecule has 7 heteroatoms. The van der Waals surface area contributed by atoms with E-state index in [-0.39, 0.29) is 12.5 Å². The molecule has 0 atom stereocenters. The van der Waals surface area contributed by atoms with Crippen molar-refractivity contribution < 1.29 is 14.4 Å². The van der Waals surface area contributed by atoms with Crippen molar-refractivity contribution in [1.29, 1.82) is 0 Å². The van der Waals surface area contributed by atoms with Crippen LogP contribution in [0.25, 0.3) is 6.08 Å². The fourth-order valence-corrected chi connectivity index (χ4v) is 4.12. The summed E-state index contributed by atoms with van der Waals surface area (Å²) < 4.78 is 0. The van der Waals surface area contributed by atoms with Gasteiger partial charge in [-0.2, -0.15) is 0 Å². The Hall–Kier alpha value is -2.28. The SMILES string of the molecule is Cc1cc(N2CCCC2)ccc1/C=C1\SC(=O)N(CC(=O)NCC(C)C)C1=O. The van der Waals surface area contributed by atoms with Crippen molar-refractivity contribution in [2.45, 2.75) is 33.6 Å². The van der Waals surface area contributed by atoms with Gasteiger partial charge in [-0.3, -0.25) is 19.3 Å². The van der Waals surface area contributed by atoms with E-state index in [2.05, 4.69) is 22.3 Å². The van der Waals surface area contributed by atoms with Crippen LogP contribution in [0, 0.1) is 12.8 Å². The van der Waals surface area contributed by atoms with Crippen LogP contribution in [0.1, 0.15) is 37.8 Å². The van der Waals surface area contributed by atoms with E-state index in [1.54, 1.807) is 6.08 Å².